The second-order valence-electron chi connectivity index (χ2n) is 3.35. The third-order valence-electron chi connectivity index (χ3n) is 2.06. The van der Waals surface area contributed by atoms with Crippen molar-refractivity contribution in [3.63, 3.8) is 0 Å². The van der Waals surface area contributed by atoms with Crippen molar-refractivity contribution < 1.29 is 0 Å². The lowest BCUT2D eigenvalue weighted by atomic mass is 10.2. The summed E-state index contributed by atoms with van der Waals surface area (Å²) in [5, 5.41) is 3.08. The molecular formula is C10H9BrClN5. The van der Waals surface area contributed by atoms with Gasteiger partial charge in [0, 0.05) is 4.47 Å². The van der Waals surface area contributed by atoms with E-state index < -0.39 is 0 Å². The van der Waals surface area contributed by atoms with E-state index in [1.54, 1.807) is 0 Å². The number of hydrogen-bond acceptors (Lipinski definition) is 5. The van der Waals surface area contributed by atoms with E-state index in [1.165, 1.54) is 0 Å². The first-order valence-corrected chi connectivity index (χ1v) is 5.92. The Balaban J connectivity index is 2.34. The van der Waals surface area contributed by atoms with Crippen LogP contribution in [0.25, 0.3) is 0 Å². The molecule has 0 unspecified atom stereocenters. The second-order valence-corrected chi connectivity index (χ2v) is 4.48. The second kappa shape index (κ2) is 4.85. The van der Waals surface area contributed by atoms with E-state index in [9.17, 15) is 0 Å². The summed E-state index contributed by atoms with van der Waals surface area (Å²) < 4.78 is 0.940. The topological polar surface area (TPSA) is 76.7 Å². The van der Waals surface area contributed by atoms with Crippen LogP contribution in [0.4, 0.5) is 17.6 Å². The molecule has 0 radical (unpaired) electrons. The quantitative estimate of drug-likeness (QED) is 0.891. The minimum Gasteiger partial charge on any atom is -0.368 e. The number of nitrogen functional groups attached to an aromatic ring is 1. The Kier molecular flexibility index (Phi) is 3.44. The fourth-order valence-corrected chi connectivity index (χ4v) is 1.82. The molecule has 3 N–H and O–H groups in total. The summed E-state index contributed by atoms with van der Waals surface area (Å²) in [4.78, 5) is 11.6. The highest BCUT2D eigenvalue weighted by Gasteiger charge is 2.06. The van der Waals surface area contributed by atoms with Crippen LogP contribution in [0, 0.1) is 6.92 Å². The monoisotopic (exact) mass is 313 g/mol. The molecule has 1 aromatic heterocycles. The van der Waals surface area contributed by atoms with Gasteiger partial charge in [0.05, 0.1) is 5.69 Å². The zero-order valence-electron chi connectivity index (χ0n) is 8.91. The first-order valence-electron chi connectivity index (χ1n) is 4.75. The van der Waals surface area contributed by atoms with Gasteiger partial charge in [0.2, 0.25) is 17.2 Å². The summed E-state index contributed by atoms with van der Waals surface area (Å²) >= 11 is 9.17. The predicted octanol–water partition coefficient (Wildman–Crippen LogP) is 2.92. The number of anilines is 3. The van der Waals surface area contributed by atoms with Gasteiger partial charge in [0.15, 0.2) is 0 Å². The summed E-state index contributed by atoms with van der Waals surface area (Å²) in [5.74, 6) is 0.394. The molecule has 88 valence electrons. The average molecular weight is 315 g/mol. The fraction of sp³-hybridized carbons (Fsp3) is 0.100. The van der Waals surface area contributed by atoms with Crippen molar-refractivity contribution in [1.29, 1.82) is 0 Å². The highest BCUT2D eigenvalue weighted by Crippen LogP contribution is 2.27. The largest absolute Gasteiger partial charge is 0.368 e. The number of nitrogens with zero attached hydrogens (tertiary/aromatic N) is 3. The summed E-state index contributed by atoms with van der Waals surface area (Å²) in [5.41, 5.74) is 7.42. The molecule has 0 atom stereocenters. The van der Waals surface area contributed by atoms with Gasteiger partial charge in [-0.15, -0.1) is 0 Å². The van der Waals surface area contributed by atoms with Crippen molar-refractivity contribution in [2.75, 3.05) is 11.1 Å². The molecule has 2 rings (SSSR count). The molecule has 0 aliphatic rings. The fourth-order valence-electron chi connectivity index (χ4n) is 1.29. The summed E-state index contributed by atoms with van der Waals surface area (Å²) in [6, 6.07) is 5.81. The van der Waals surface area contributed by atoms with E-state index >= 15 is 0 Å². The summed E-state index contributed by atoms with van der Waals surface area (Å²) in [6.45, 7) is 1.99. The van der Waals surface area contributed by atoms with Crippen molar-refractivity contribution >= 4 is 45.1 Å². The number of aryl methyl sites for hydroxylation is 1. The lowest BCUT2D eigenvalue weighted by Gasteiger charge is -2.08. The molecular weight excluding hydrogens is 306 g/mol. The van der Waals surface area contributed by atoms with Crippen LogP contribution in [0.15, 0.2) is 22.7 Å². The number of benzene rings is 1. The van der Waals surface area contributed by atoms with E-state index in [0.717, 1.165) is 15.7 Å². The van der Waals surface area contributed by atoms with Crippen LogP contribution in [-0.2, 0) is 0 Å². The highest BCUT2D eigenvalue weighted by molar-refractivity contribution is 9.10. The predicted molar refractivity (Wildman–Crippen MR) is 71.4 cm³/mol. The SMILES string of the molecule is Cc1cccc(Nc2nc(N)nc(Cl)n2)c1Br. The molecule has 0 aliphatic heterocycles. The van der Waals surface area contributed by atoms with Crippen LogP contribution in [0.1, 0.15) is 5.56 Å². The van der Waals surface area contributed by atoms with Crippen LogP contribution >= 0.6 is 27.5 Å². The molecule has 0 bridgehead atoms. The molecule has 17 heavy (non-hydrogen) atoms. The van der Waals surface area contributed by atoms with Gasteiger partial charge < -0.3 is 11.1 Å². The van der Waals surface area contributed by atoms with Crippen molar-refractivity contribution in [3.05, 3.63) is 33.5 Å². The van der Waals surface area contributed by atoms with E-state index in [4.69, 9.17) is 17.3 Å². The molecule has 5 nitrogen and oxygen atoms in total. The van der Waals surface area contributed by atoms with Crippen molar-refractivity contribution in [3.8, 4) is 0 Å². The smallest absolute Gasteiger partial charge is 0.233 e. The normalized spacial score (nSPS) is 10.3. The molecule has 0 saturated carbocycles. The Hall–Kier alpha value is -1.40. The van der Waals surface area contributed by atoms with Gasteiger partial charge in [0.1, 0.15) is 0 Å². The van der Waals surface area contributed by atoms with Gasteiger partial charge in [-0.25, -0.2) is 0 Å². The molecule has 0 aliphatic carbocycles. The van der Waals surface area contributed by atoms with E-state index in [-0.39, 0.29) is 11.2 Å². The Morgan fingerprint density at radius 3 is 2.76 bits per heavy atom. The zero-order valence-corrected chi connectivity index (χ0v) is 11.2. The Morgan fingerprint density at radius 1 is 1.29 bits per heavy atom. The number of hydrogen-bond donors (Lipinski definition) is 2. The maximum atomic E-state index is 5.69. The van der Waals surface area contributed by atoms with Crippen molar-refractivity contribution in [2.24, 2.45) is 0 Å². The Labute approximate surface area is 112 Å². The lowest BCUT2D eigenvalue weighted by Crippen LogP contribution is -2.03. The van der Waals surface area contributed by atoms with E-state index in [2.05, 4.69) is 36.2 Å². The van der Waals surface area contributed by atoms with Crippen LogP contribution in [0.2, 0.25) is 5.28 Å². The van der Waals surface area contributed by atoms with Gasteiger partial charge in [-0.2, -0.15) is 15.0 Å². The van der Waals surface area contributed by atoms with E-state index in [0.29, 0.717) is 5.95 Å². The van der Waals surface area contributed by atoms with Crippen molar-refractivity contribution in [1.82, 2.24) is 15.0 Å². The molecule has 1 heterocycles. The van der Waals surface area contributed by atoms with Crippen LogP contribution in [0.3, 0.4) is 0 Å². The van der Waals surface area contributed by atoms with Gasteiger partial charge in [0.25, 0.3) is 0 Å². The van der Waals surface area contributed by atoms with Gasteiger partial charge in [-0.05, 0) is 46.1 Å². The van der Waals surface area contributed by atoms with Crippen LogP contribution in [0.5, 0.6) is 0 Å². The molecule has 1 aromatic carbocycles. The molecule has 0 amide bonds. The van der Waals surface area contributed by atoms with Gasteiger partial charge >= 0.3 is 0 Å². The Bertz CT molecular complexity index is 540. The van der Waals surface area contributed by atoms with Crippen molar-refractivity contribution in [2.45, 2.75) is 6.92 Å². The highest BCUT2D eigenvalue weighted by atomic mass is 79.9. The molecule has 2 aromatic rings. The maximum Gasteiger partial charge on any atom is 0.233 e. The zero-order chi connectivity index (χ0) is 12.4. The first kappa shape index (κ1) is 12.1. The minimum absolute atomic E-state index is 0.0591. The third kappa shape index (κ3) is 2.83. The number of aromatic nitrogens is 3. The van der Waals surface area contributed by atoms with Gasteiger partial charge in [-0.1, -0.05) is 12.1 Å². The standard InChI is InChI=1S/C10H9BrClN5/c1-5-3-2-4-6(7(5)11)14-10-16-8(12)15-9(13)17-10/h2-4H,1H3,(H3,13,14,15,16,17). The number of nitrogens with two attached hydrogens (primary N) is 1. The molecule has 0 spiro atoms. The van der Waals surface area contributed by atoms with Crippen LogP contribution < -0.4 is 11.1 Å². The summed E-state index contributed by atoms with van der Waals surface area (Å²) in [7, 11) is 0. The molecule has 0 fully saturated rings. The number of halogens is 2. The Morgan fingerprint density at radius 2 is 2.06 bits per heavy atom. The van der Waals surface area contributed by atoms with Gasteiger partial charge in [-0.3, -0.25) is 0 Å². The molecule has 7 heteroatoms. The minimum atomic E-state index is 0.0591. The average Bonchev–Trinajstić information content (AvgIpc) is 2.23. The van der Waals surface area contributed by atoms with E-state index in [1.807, 2.05) is 25.1 Å². The van der Waals surface area contributed by atoms with Crippen LogP contribution in [-0.4, -0.2) is 15.0 Å². The number of rotatable bonds is 2. The first-order chi connectivity index (χ1) is 8.06. The number of nitrogens with one attached hydrogen (secondary N) is 1. The summed E-state index contributed by atoms with van der Waals surface area (Å²) in [6.07, 6.45) is 0. The third-order valence-corrected chi connectivity index (χ3v) is 3.29. The molecule has 0 saturated heterocycles. The lowest BCUT2D eigenvalue weighted by molar-refractivity contribution is 1.07. The maximum absolute atomic E-state index is 5.69.